The van der Waals surface area contributed by atoms with E-state index in [0.29, 0.717) is 19.3 Å². The second kappa shape index (κ2) is 14.7. The Bertz CT molecular complexity index is 528. The lowest BCUT2D eigenvalue weighted by Crippen LogP contribution is -2.11. The molecular weight excluding hydrogens is 326 g/mol. The molecule has 0 aliphatic carbocycles. The van der Waals surface area contributed by atoms with Crippen molar-refractivity contribution in [3.8, 4) is 0 Å². The fraction of sp³-hybridized carbons (Fsp3) is 0.591. The first-order valence-electron chi connectivity index (χ1n) is 9.91. The zero-order chi connectivity index (χ0) is 19.0. The van der Waals surface area contributed by atoms with Crippen LogP contribution in [0.5, 0.6) is 0 Å². The number of aromatic nitrogens is 1. The zero-order valence-electron chi connectivity index (χ0n) is 16.1. The molecule has 4 heteroatoms. The Hall–Kier alpha value is -1.49. The quantitative estimate of drug-likeness (QED) is 0.345. The third kappa shape index (κ3) is 11.2. The van der Waals surface area contributed by atoms with Gasteiger partial charge in [-0.05, 0) is 56.7 Å². The van der Waals surface area contributed by atoms with Crippen molar-refractivity contribution in [2.45, 2.75) is 76.9 Å². The molecule has 0 bridgehead atoms. The summed E-state index contributed by atoms with van der Waals surface area (Å²) in [6.45, 7) is 2.36. The van der Waals surface area contributed by atoms with Crippen molar-refractivity contribution in [3.63, 3.8) is 0 Å². The normalized spacial score (nSPS) is 14.3. The highest BCUT2D eigenvalue weighted by atomic mass is 16.3. The van der Waals surface area contributed by atoms with Gasteiger partial charge < -0.3 is 15.3 Å². The van der Waals surface area contributed by atoms with Crippen LogP contribution >= 0.6 is 0 Å². The molecule has 0 saturated carbocycles. The van der Waals surface area contributed by atoms with Gasteiger partial charge in [0.2, 0.25) is 0 Å². The minimum absolute atomic E-state index is 0.168. The average Bonchev–Trinajstić information content (AvgIpc) is 2.63. The van der Waals surface area contributed by atoms with Gasteiger partial charge in [-0.1, -0.05) is 44.1 Å². The first-order chi connectivity index (χ1) is 12.7. The number of aliphatic hydroxyl groups is 3. The number of aliphatic hydroxyl groups excluding tert-OH is 3. The Labute approximate surface area is 158 Å². The highest BCUT2D eigenvalue weighted by molar-refractivity contribution is 5.45. The van der Waals surface area contributed by atoms with Crippen LogP contribution in [-0.2, 0) is 6.42 Å². The molecule has 1 aromatic rings. The number of unbranched alkanes of at least 4 members (excludes halogenated alkanes) is 4. The molecule has 0 saturated heterocycles. The van der Waals surface area contributed by atoms with Gasteiger partial charge in [0, 0.05) is 18.7 Å². The summed E-state index contributed by atoms with van der Waals surface area (Å²) >= 11 is 0. The molecule has 0 fully saturated rings. The Morgan fingerprint density at radius 2 is 1.92 bits per heavy atom. The highest BCUT2D eigenvalue weighted by Crippen LogP contribution is 2.10. The summed E-state index contributed by atoms with van der Waals surface area (Å²) < 4.78 is 0. The monoisotopic (exact) mass is 361 g/mol. The molecule has 0 aliphatic rings. The first kappa shape index (κ1) is 22.6. The van der Waals surface area contributed by atoms with Crippen LogP contribution in [0.15, 0.2) is 36.4 Å². The summed E-state index contributed by atoms with van der Waals surface area (Å²) in [4.78, 5) is 4.52. The summed E-state index contributed by atoms with van der Waals surface area (Å²) in [6, 6.07) is 5.72. The van der Waals surface area contributed by atoms with Crippen LogP contribution in [0, 0.1) is 0 Å². The van der Waals surface area contributed by atoms with E-state index >= 15 is 0 Å². The molecule has 26 heavy (non-hydrogen) atoms. The van der Waals surface area contributed by atoms with Gasteiger partial charge in [-0.3, -0.25) is 4.98 Å². The maximum atomic E-state index is 10.0. The molecule has 1 aromatic heterocycles. The number of allylic oxidation sites excluding steroid dienone is 1. The van der Waals surface area contributed by atoms with Gasteiger partial charge in [-0.2, -0.15) is 0 Å². The molecule has 3 N–H and O–H groups in total. The van der Waals surface area contributed by atoms with E-state index in [-0.39, 0.29) is 6.61 Å². The van der Waals surface area contributed by atoms with Crippen LogP contribution in [0.4, 0.5) is 0 Å². The van der Waals surface area contributed by atoms with Gasteiger partial charge in [0.1, 0.15) is 0 Å². The number of hydrogen-bond donors (Lipinski definition) is 3. The van der Waals surface area contributed by atoms with Crippen molar-refractivity contribution in [1.29, 1.82) is 0 Å². The third-order valence-electron chi connectivity index (χ3n) is 4.23. The molecule has 0 unspecified atom stereocenters. The molecular formula is C22H35NO3. The summed E-state index contributed by atoms with van der Waals surface area (Å²) in [6.07, 6.45) is 14.9. The minimum atomic E-state index is -0.507. The van der Waals surface area contributed by atoms with Crippen LogP contribution in [0.2, 0.25) is 0 Å². The van der Waals surface area contributed by atoms with Crippen LogP contribution in [0.1, 0.15) is 69.7 Å². The van der Waals surface area contributed by atoms with Crippen molar-refractivity contribution in [3.05, 3.63) is 47.8 Å². The lowest BCUT2D eigenvalue weighted by Gasteiger charge is -2.10. The fourth-order valence-corrected chi connectivity index (χ4v) is 2.69. The van der Waals surface area contributed by atoms with Crippen molar-refractivity contribution in [1.82, 2.24) is 4.98 Å². The van der Waals surface area contributed by atoms with E-state index in [4.69, 9.17) is 5.11 Å². The van der Waals surface area contributed by atoms with E-state index in [1.165, 1.54) is 19.3 Å². The van der Waals surface area contributed by atoms with E-state index < -0.39 is 12.2 Å². The Balaban J connectivity index is 2.40. The fourth-order valence-electron chi connectivity index (χ4n) is 2.69. The van der Waals surface area contributed by atoms with Gasteiger partial charge in [0.05, 0.1) is 17.9 Å². The number of hydrogen-bond acceptors (Lipinski definition) is 4. The van der Waals surface area contributed by atoms with Gasteiger partial charge in [0.25, 0.3) is 0 Å². The zero-order valence-corrected chi connectivity index (χ0v) is 16.1. The molecule has 4 nitrogen and oxygen atoms in total. The molecule has 0 aromatic carbocycles. The Kier molecular flexibility index (Phi) is 12.7. The van der Waals surface area contributed by atoms with Crippen LogP contribution in [0.25, 0.3) is 6.08 Å². The second-order valence-electron chi connectivity index (χ2n) is 6.76. The summed E-state index contributed by atoms with van der Waals surface area (Å²) in [5, 5.41) is 28.8. The smallest absolute Gasteiger partial charge is 0.0759 e. The largest absolute Gasteiger partial charge is 0.396 e. The molecule has 0 aliphatic heterocycles. The summed E-state index contributed by atoms with van der Waals surface area (Å²) in [7, 11) is 0. The number of rotatable bonds is 14. The van der Waals surface area contributed by atoms with E-state index in [1.807, 2.05) is 30.4 Å². The standard InChI is InChI=1S/C22H35NO3/c1-2-3-4-5-6-7-13-21(25)16-15-19-11-10-12-20(23-19)18-22(26)14-8-9-17-24/h6-7,10-12,15-16,21-22,24-26H,2-5,8-9,13-14,17-18H2,1H3/t21-,22+/m1/s1. The van der Waals surface area contributed by atoms with Crippen molar-refractivity contribution < 1.29 is 15.3 Å². The molecule has 1 heterocycles. The van der Waals surface area contributed by atoms with Gasteiger partial charge in [-0.15, -0.1) is 0 Å². The van der Waals surface area contributed by atoms with E-state index in [2.05, 4.69) is 18.0 Å². The van der Waals surface area contributed by atoms with Gasteiger partial charge in [0.15, 0.2) is 0 Å². The molecule has 0 radical (unpaired) electrons. The minimum Gasteiger partial charge on any atom is -0.396 e. The lowest BCUT2D eigenvalue weighted by atomic mass is 10.1. The van der Waals surface area contributed by atoms with E-state index in [0.717, 1.165) is 30.7 Å². The molecule has 1 rings (SSSR count). The predicted molar refractivity (Wildman–Crippen MR) is 108 cm³/mol. The van der Waals surface area contributed by atoms with Crippen LogP contribution in [0.3, 0.4) is 0 Å². The molecule has 2 atom stereocenters. The lowest BCUT2D eigenvalue weighted by molar-refractivity contribution is 0.156. The molecule has 0 amide bonds. The third-order valence-corrected chi connectivity index (χ3v) is 4.23. The van der Waals surface area contributed by atoms with Crippen molar-refractivity contribution >= 4 is 6.08 Å². The van der Waals surface area contributed by atoms with E-state index in [1.54, 1.807) is 6.08 Å². The van der Waals surface area contributed by atoms with Gasteiger partial charge in [-0.25, -0.2) is 0 Å². The topological polar surface area (TPSA) is 73.6 Å². The Morgan fingerprint density at radius 3 is 2.69 bits per heavy atom. The van der Waals surface area contributed by atoms with Crippen LogP contribution in [-0.4, -0.2) is 39.1 Å². The predicted octanol–water partition coefficient (Wildman–Crippen LogP) is 4.05. The number of pyridine rings is 1. The first-order valence-corrected chi connectivity index (χ1v) is 9.91. The maximum Gasteiger partial charge on any atom is 0.0759 e. The average molecular weight is 362 g/mol. The SMILES string of the molecule is CCCCCC=CC[C@@H](O)C=Cc1cccc(C[C@@H](O)CCCCO)n1. The van der Waals surface area contributed by atoms with Crippen molar-refractivity contribution in [2.24, 2.45) is 0 Å². The Morgan fingerprint density at radius 1 is 1.08 bits per heavy atom. The van der Waals surface area contributed by atoms with Crippen molar-refractivity contribution in [2.75, 3.05) is 6.61 Å². The van der Waals surface area contributed by atoms with Gasteiger partial charge >= 0.3 is 0 Å². The number of nitrogens with zero attached hydrogens (tertiary/aromatic N) is 1. The molecule has 146 valence electrons. The summed E-state index contributed by atoms with van der Waals surface area (Å²) in [5.41, 5.74) is 1.63. The summed E-state index contributed by atoms with van der Waals surface area (Å²) in [5.74, 6) is 0. The molecule has 0 spiro atoms. The van der Waals surface area contributed by atoms with E-state index in [9.17, 15) is 10.2 Å². The maximum absolute atomic E-state index is 10.0. The van der Waals surface area contributed by atoms with Crippen LogP contribution < -0.4 is 0 Å². The second-order valence-corrected chi connectivity index (χ2v) is 6.76. The highest BCUT2D eigenvalue weighted by Gasteiger charge is 2.06.